The van der Waals surface area contributed by atoms with Crippen LogP contribution in [0.1, 0.15) is 9.67 Å². The number of benzene rings is 1. The number of hydrogen-bond donors (Lipinski definition) is 1. The van der Waals surface area contributed by atoms with Gasteiger partial charge in [0.2, 0.25) is 0 Å². The summed E-state index contributed by atoms with van der Waals surface area (Å²) < 4.78 is 0.619. The number of hydrogen-bond acceptors (Lipinski definition) is 2. The lowest BCUT2D eigenvalue weighted by Crippen LogP contribution is -2.09. The van der Waals surface area contributed by atoms with E-state index in [2.05, 4.69) is 5.32 Å². The topological polar surface area (TPSA) is 29.1 Å². The second kappa shape index (κ2) is 4.47. The van der Waals surface area contributed by atoms with E-state index in [-0.39, 0.29) is 5.91 Å². The molecule has 0 aliphatic rings. The van der Waals surface area contributed by atoms with E-state index in [1.165, 1.54) is 11.3 Å². The molecule has 1 N–H and O–H groups in total. The van der Waals surface area contributed by atoms with Crippen molar-refractivity contribution in [3.63, 3.8) is 0 Å². The van der Waals surface area contributed by atoms with E-state index in [1.807, 2.05) is 30.3 Å². The number of para-hydroxylation sites is 1. The van der Waals surface area contributed by atoms with E-state index in [4.69, 9.17) is 11.6 Å². The van der Waals surface area contributed by atoms with Crippen LogP contribution < -0.4 is 5.32 Å². The van der Waals surface area contributed by atoms with Crippen LogP contribution >= 0.6 is 22.9 Å². The Morgan fingerprint density at radius 1 is 1.13 bits per heavy atom. The third-order valence-corrected chi connectivity index (χ3v) is 3.06. The van der Waals surface area contributed by atoms with Crippen molar-refractivity contribution in [2.45, 2.75) is 0 Å². The van der Waals surface area contributed by atoms with Crippen LogP contribution in [0.4, 0.5) is 5.69 Å². The van der Waals surface area contributed by atoms with E-state index in [9.17, 15) is 4.79 Å². The lowest BCUT2D eigenvalue weighted by atomic mass is 10.3. The van der Waals surface area contributed by atoms with Crippen molar-refractivity contribution >= 4 is 34.5 Å². The Hall–Kier alpha value is -1.32. The van der Waals surface area contributed by atoms with E-state index < -0.39 is 0 Å². The first-order chi connectivity index (χ1) is 7.25. The van der Waals surface area contributed by atoms with Gasteiger partial charge >= 0.3 is 0 Å². The van der Waals surface area contributed by atoms with Crippen molar-refractivity contribution in [2.75, 3.05) is 5.32 Å². The average molecular weight is 238 g/mol. The van der Waals surface area contributed by atoms with Crippen LogP contribution in [-0.4, -0.2) is 5.91 Å². The standard InChI is InChI=1S/C11H8ClNOS/c12-10-7-6-9(15-10)11(14)13-8-4-2-1-3-5-8/h1-7H,(H,13,14). The number of carbonyl (C=O) groups excluding carboxylic acids is 1. The van der Waals surface area contributed by atoms with Crippen LogP contribution in [0.5, 0.6) is 0 Å². The Kier molecular flexibility index (Phi) is 3.04. The van der Waals surface area contributed by atoms with Gasteiger partial charge in [-0.1, -0.05) is 29.8 Å². The molecule has 0 aliphatic carbocycles. The molecule has 0 bridgehead atoms. The van der Waals surface area contributed by atoms with Gasteiger partial charge in [0.15, 0.2) is 0 Å². The van der Waals surface area contributed by atoms with Crippen LogP contribution in [-0.2, 0) is 0 Å². The summed E-state index contributed by atoms with van der Waals surface area (Å²) in [5.74, 6) is -0.127. The van der Waals surface area contributed by atoms with Gasteiger partial charge in [-0.05, 0) is 24.3 Å². The molecule has 1 amide bonds. The van der Waals surface area contributed by atoms with Crippen molar-refractivity contribution in [3.8, 4) is 0 Å². The smallest absolute Gasteiger partial charge is 0.265 e. The van der Waals surface area contributed by atoms with Crippen LogP contribution in [0.3, 0.4) is 0 Å². The third kappa shape index (κ3) is 2.58. The highest BCUT2D eigenvalue weighted by Gasteiger charge is 2.08. The summed E-state index contributed by atoms with van der Waals surface area (Å²) in [7, 11) is 0. The van der Waals surface area contributed by atoms with E-state index in [1.54, 1.807) is 12.1 Å². The summed E-state index contributed by atoms with van der Waals surface area (Å²) in [6, 6.07) is 12.8. The number of halogens is 1. The van der Waals surface area contributed by atoms with Gasteiger partial charge in [-0.15, -0.1) is 11.3 Å². The third-order valence-electron chi connectivity index (χ3n) is 1.83. The molecule has 1 aromatic carbocycles. The molecule has 0 radical (unpaired) electrons. The molecule has 15 heavy (non-hydrogen) atoms. The zero-order valence-corrected chi connectivity index (χ0v) is 9.31. The number of nitrogens with one attached hydrogen (secondary N) is 1. The molecular formula is C11H8ClNOS. The summed E-state index contributed by atoms with van der Waals surface area (Å²) in [6.45, 7) is 0. The minimum absolute atomic E-state index is 0.127. The molecule has 0 spiro atoms. The second-order valence-corrected chi connectivity index (χ2v) is 4.64. The zero-order valence-electron chi connectivity index (χ0n) is 7.74. The lowest BCUT2D eigenvalue weighted by molar-refractivity contribution is 0.103. The summed E-state index contributed by atoms with van der Waals surface area (Å²) in [4.78, 5) is 12.3. The molecule has 0 unspecified atom stereocenters. The van der Waals surface area contributed by atoms with Crippen LogP contribution in [0.2, 0.25) is 4.34 Å². The molecule has 0 saturated heterocycles. The maximum atomic E-state index is 11.7. The molecule has 1 aromatic heterocycles. The van der Waals surface area contributed by atoms with E-state index in [0.29, 0.717) is 9.21 Å². The number of amides is 1. The summed E-state index contributed by atoms with van der Waals surface area (Å²) in [6.07, 6.45) is 0. The van der Waals surface area contributed by atoms with Crippen molar-refractivity contribution in [1.29, 1.82) is 0 Å². The molecule has 0 atom stereocenters. The monoisotopic (exact) mass is 237 g/mol. The van der Waals surface area contributed by atoms with Crippen LogP contribution in [0.25, 0.3) is 0 Å². The van der Waals surface area contributed by atoms with Gasteiger partial charge in [0.1, 0.15) is 0 Å². The maximum absolute atomic E-state index is 11.7. The predicted octanol–water partition coefficient (Wildman–Crippen LogP) is 3.65. The van der Waals surface area contributed by atoms with Crippen molar-refractivity contribution < 1.29 is 4.79 Å². The fourth-order valence-electron chi connectivity index (χ4n) is 1.15. The van der Waals surface area contributed by atoms with Gasteiger partial charge in [-0.3, -0.25) is 4.79 Å². The quantitative estimate of drug-likeness (QED) is 0.849. The normalized spacial score (nSPS) is 9.93. The zero-order chi connectivity index (χ0) is 10.7. The fourth-order valence-corrected chi connectivity index (χ4v) is 2.09. The molecule has 76 valence electrons. The number of carbonyl (C=O) groups is 1. The average Bonchev–Trinajstić information content (AvgIpc) is 2.66. The molecular weight excluding hydrogens is 230 g/mol. The maximum Gasteiger partial charge on any atom is 0.265 e. The minimum atomic E-state index is -0.127. The van der Waals surface area contributed by atoms with E-state index in [0.717, 1.165) is 5.69 Å². The molecule has 0 fully saturated rings. The summed E-state index contributed by atoms with van der Waals surface area (Å²) in [5, 5.41) is 2.78. The summed E-state index contributed by atoms with van der Waals surface area (Å²) in [5.41, 5.74) is 0.784. The second-order valence-electron chi connectivity index (χ2n) is 2.92. The highest BCUT2D eigenvalue weighted by atomic mass is 35.5. The Bertz CT molecular complexity index is 466. The Morgan fingerprint density at radius 3 is 2.47 bits per heavy atom. The lowest BCUT2D eigenvalue weighted by Gasteiger charge is -2.01. The largest absolute Gasteiger partial charge is 0.321 e. The predicted molar refractivity (Wildman–Crippen MR) is 63.7 cm³/mol. The van der Waals surface area contributed by atoms with Gasteiger partial charge in [0.25, 0.3) is 5.91 Å². The highest BCUT2D eigenvalue weighted by molar-refractivity contribution is 7.18. The minimum Gasteiger partial charge on any atom is -0.321 e. The Morgan fingerprint density at radius 2 is 1.87 bits per heavy atom. The Labute approximate surface area is 96.5 Å². The SMILES string of the molecule is O=C(Nc1ccccc1)c1ccc(Cl)s1. The Balaban J connectivity index is 2.11. The van der Waals surface area contributed by atoms with Crippen LogP contribution in [0, 0.1) is 0 Å². The van der Waals surface area contributed by atoms with Gasteiger partial charge < -0.3 is 5.32 Å². The summed E-state index contributed by atoms with van der Waals surface area (Å²) >= 11 is 7.01. The fraction of sp³-hybridized carbons (Fsp3) is 0. The molecule has 2 aromatic rings. The first-order valence-electron chi connectivity index (χ1n) is 4.37. The van der Waals surface area contributed by atoms with Crippen LogP contribution in [0.15, 0.2) is 42.5 Å². The highest BCUT2D eigenvalue weighted by Crippen LogP contribution is 2.22. The first-order valence-corrected chi connectivity index (χ1v) is 5.57. The van der Waals surface area contributed by atoms with Gasteiger partial charge in [-0.25, -0.2) is 0 Å². The molecule has 2 rings (SSSR count). The molecule has 0 saturated carbocycles. The number of anilines is 1. The van der Waals surface area contributed by atoms with Crippen molar-refractivity contribution in [2.24, 2.45) is 0 Å². The molecule has 1 heterocycles. The van der Waals surface area contributed by atoms with Gasteiger partial charge in [0.05, 0.1) is 9.21 Å². The molecule has 2 nitrogen and oxygen atoms in total. The number of rotatable bonds is 2. The van der Waals surface area contributed by atoms with Gasteiger partial charge in [0, 0.05) is 5.69 Å². The van der Waals surface area contributed by atoms with Crippen molar-refractivity contribution in [3.05, 3.63) is 51.7 Å². The molecule has 0 aliphatic heterocycles. The molecule has 4 heteroatoms. The van der Waals surface area contributed by atoms with Crippen molar-refractivity contribution in [1.82, 2.24) is 0 Å². The first kappa shape index (κ1) is 10.2. The van der Waals surface area contributed by atoms with Gasteiger partial charge in [-0.2, -0.15) is 0 Å². The number of thiophene rings is 1. The van der Waals surface area contributed by atoms with E-state index >= 15 is 0 Å².